The molecule has 2 aliphatic rings. The van der Waals surface area contributed by atoms with Crippen molar-refractivity contribution in [3.63, 3.8) is 0 Å². The molecule has 2 aliphatic heterocycles. The van der Waals surface area contributed by atoms with Crippen molar-refractivity contribution in [1.29, 1.82) is 0 Å². The molecule has 8 heteroatoms. The molecule has 172 valence electrons. The largest absolute Gasteiger partial charge is 0.477 e. The maximum Gasteiger partial charge on any atom is 0.264 e. The highest BCUT2D eigenvalue weighted by Gasteiger charge is 2.31. The van der Waals surface area contributed by atoms with Crippen molar-refractivity contribution in [1.82, 2.24) is 14.9 Å². The van der Waals surface area contributed by atoms with Gasteiger partial charge in [-0.3, -0.25) is 0 Å². The number of aryl methyl sites for hydroxylation is 2. The molecule has 33 heavy (non-hydrogen) atoms. The van der Waals surface area contributed by atoms with Crippen LogP contribution < -0.4 is 9.46 Å². The van der Waals surface area contributed by atoms with Crippen LogP contribution in [0.1, 0.15) is 29.0 Å². The van der Waals surface area contributed by atoms with Gasteiger partial charge in [-0.25, -0.2) is 18.1 Å². The lowest BCUT2D eigenvalue weighted by atomic mass is 9.81. The lowest BCUT2D eigenvalue weighted by molar-refractivity contribution is 0.127. The molecular formula is C25H28N4O3S. The van der Waals surface area contributed by atoms with Gasteiger partial charge >= 0.3 is 0 Å². The molecule has 2 atom stereocenters. The number of nitrogens with one attached hydrogen (secondary N) is 1. The zero-order chi connectivity index (χ0) is 23.2. The van der Waals surface area contributed by atoms with Crippen LogP contribution in [-0.4, -0.2) is 50.0 Å². The van der Waals surface area contributed by atoms with Crippen molar-refractivity contribution in [2.45, 2.75) is 31.1 Å². The lowest BCUT2D eigenvalue weighted by Gasteiger charge is -2.37. The molecule has 0 saturated carbocycles. The van der Waals surface area contributed by atoms with E-state index in [-0.39, 0.29) is 22.7 Å². The van der Waals surface area contributed by atoms with Crippen molar-refractivity contribution >= 4 is 16.0 Å². The Balaban J connectivity index is 1.65. The Morgan fingerprint density at radius 3 is 2.61 bits per heavy atom. The van der Waals surface area contributed by atoms with E-state index in [2.05, 4.69) is 26.6 Å². The number of hydrogen-bond acceptors (Lipinski definition) is 6. The number of rotatable bonds is 1. The predicted octanol–water partition coefficient (Wildman–Crippen LogP) is 3.99. The smallest absolute Gasteiger partial charge is 0.264 e. The van der Waals surface area contributed by atoms with E-state index in [1.165, 1.54) is 0 Å². The van der Waals surface area contributed by atoms with Crippen LogP contribution in [0.25, 0.3) is 11.3 Å². The highest BCUT2D eigenvalue weighted by Crippen LogP contribution is 2.35. The third kappa shape index (κ3) is 4.32. The molecule has 0 amide bonds. The Bertz CT molecular complexity index is 1290. The predicted molar refractivity (Wildman–Crippen MR) is 128 cm³/mol. The summed E-state index contributed by atoms with van der Waals surface area (Å²) in [5.74, 6) is 0.816. The van der Waals surface area contributed by atoms with Gasteiger partial charge in [-0.05, 0) is 68.6 Å². The average Bonchev–Trinajstić information content (AvgIpc) is 2.77. The van der Waals surface area contributed by atoms with Crippen molar-refractivity contribution < 1.29 is 13.2 Å². The number of likely N-dealkylation sites (tertiary alicyclic amines) is 1. The Kier molecular flexibility index (Phi) is 5.58. The summed E-state index contributed by atoms with van der Waals surface area (Å²) in [5, 5.41) is 0. The van der Waals surface area contributed by atoms with E-state index in [9.17, 15) is 8.42 Å². The van der Waals surface area contributed by atoms with E-state index in [0.29, 0.717) is 18.2 Å². The van der Waals surface area contributed by atoms with Gasteiger partial charge in [-0.15, -0.1) is 0 Å². The summed E-state index contributed by atoms with van der Waals surface area (Å²) in [6, 6.07) is 15.1. The lowest BCUT2D eigenvalue weighted by Crippen LogP contribution is -2.40. The first-order chi connectivity index (χ1) is 15.8. The van der Waals surface area contributed by atoms with Gasteiger partial charge in [-0.1, -0.05) is 30.3 Å². The first-order valence-electron chi connectivity index (χ1n) is 11.2. The van der Waals surface area contributed by atoms with Crippen LogP contribution in [0.3, 0.4) is 0 Å². The highest BCUT2D eigenvalue weighted by atomic mass is 32.2. The standard InChI is InChI=1S/C25H28N4O3S/c1-16-6-4-7-17(2)24(16)22-13-23-27-25(26-22)28-33(30,31)20-9-5-8-18(12-20)21-10-11-29(3)14-19(21)15-32-23/h4-9,12-13,19,21H,10-11,14-15H2,1-3H3,(H,26,27,28)/t19-,21?/m1/s1. The number of ether oxygens (including phenoxy) is 1. The fourth-order valence-electron chi connectivity index (χ4n) is 5.00. The number of benzene rings is 2. The number of hydrogen-bond donors (Lipinski definition) is 1. The van der Waals surface area contributed by atoms with E-state index in [1.54, 1.807) is 18.2 Å². The molecule has 3 aromatic rings. The van der Waals surface area contributed by atoms with Gasteiger partial charge in [0.25, 0.3) is 10.0 Å². The second kappa shape index (κ2) is 8.43. The van der Waals surface area contributed by atoms with Crippen molar-refractivity contribution in [3.8, 4) is 17.1 Å². The Labute approximate surface area is 194 Å². The summed E-state index contributed by atoms with van der Waals surface area (Å²) in [4.78, 5) is 11.5. The van der Waals surface area contributed by atoms with Crippen molar-refractivity contribution in [3.05, 3.63) is 65.2 Å². The Hall–Kier alpha value is -2.97. The first kappa shape index (κ1) is 21.9. The zero-order valence-electron chi connectivity index (χ0n) is 19.1. The second-order valence-electron chi connectivity index (χ2n) is 9.09. The summed E-state index contributed by atoms with van der Waals surface area (Å²) in [6.07, 6.45) is 0.949. The zero-order valence-corrected chi connectivity index (χ0v) is 19.9. The van der Waals surface area contributed by atoms with Crippen LogP contribution in [0.2, 0.25) is 0 Å². The number of piperidine rings is 1. The Morgan fingerprint density at radius 2 is 1.82 bits per heavy atom. The average molecular weight is 465 g/mol. The fraction of sp³-hybridized carbons (Fsp3) is 0.360. The van der Waals surface area contributed by atoms with Gasteiger partial charge in [0.15, 0.2) is 0 Å². The maximum atomic E-state index is 13.2. The van der Waals surface area contributed by atoms with Crippen LogP contribution in [0.15, 0.2) is 53.4 Å². The topological polar surface area (TPSA) is 84.4 Å². The van der Waals surface area contributed by atoms with Gasteiger partial charge in [0, 0.05) is 24.1 Å². The van der Waals surface area contributed by atoms with Gasteiger partial charge < -0.3 is 9.64 Å². The van der Waals surface area contributed by atoms with Gasteiger partial charge in [0.1, 0.15) is 0 Å². The number of nitrogens with zero attached hydrogens (tertiary/aromatic N) is 3. The Morgan fingerprint density at radius 1 is 1.06 bits per heavy atom. The summed E-state index contributed by atoms with van der Waals surface area (Å²) in [5.41, 5.74) is 4.72. The number of sulfonamides is 1. The van der Waals surface area contributed by atoms with Crippen molar-refractivity contribution in [2.24, 2.45) is 5.92 Å². The summed E-state index contributed by atoms with van der Waals surface area (Å²) in [6.45, 7) is 6.36. The summed E-state index contributed by atoms with van der Waals surface area (Å²) >= 11 is 0. The molecule has 3 heterocycles. The normalized spacial score (nSPS) is 22.2. The minimum absolute atomic E-state index is 0.00782. The molecule has 5 rings (SSSR count). The molecule has 1 fully saturated rings. The molecule has 0 radical (unpaired) electrons. The van der Waals surface area contributed by atoms with E-state index in [4.69, 9.17) is 4.74 Å². The number of aromatic nitrogens is 2. The summed E-state index contributed by atoms with van der Waals surface area (Å²) in [7, 11) is -1.75. The molecule has 1 aromatic heterocycles. The van der Waals surface area contributed by atoms with E-state index < -0.39 is 10.0 Å². The monoisotopic (exact) mass is 464 g/mol. The molecular weight excluding hydrogens is 436 g/mol. The number of fused-ring (bicyclic) bond motifs is 6. The molecule has 0 aliphatic carbocycles. The number of anilines is 1. The van der Waals surface area contributed by atoms with Gasteiger partial charge in [-0.2, -0.15) is 4.98 Å². The van der Waals surface area contributed by atoms with Gasteiger partial charge in [0.2, 0.25) is 11.8 Å². The SMILES string of the molecule is Cc1cccc(C)c1-c1cc2nc(n1)NS(=O)(=O)c1cccc(c1)C1CCN(C)C[C@@H]1CO2. The maximum absolute atomic E-state index is 13.2. The van der Waals surface area contributed by atoms with Crippen LogP contribution in [-0.2, 0) is 10.0 Å². The molecule has 2 aromatic carbocycles. The van der Waals surface area contributed by atoms with E-state index in [1.807, 2.05) is 44.2 Å². The third-order valence-corrected chi connectivity index (χ3v) is 7.97. The van der Waals surface area contributed by atoms with Crippen LogP contribution in [0.4, 0.5) is 5.95 Å². The van der Waals surface area contributed by atoms with E-state index in [0.717, 1.165) is 41.8 Å². The van der Waals surface area contributed by atoms with Crippen LogP contribution >= 0.6 is 0 Å². The molecule has 4 bridgehead atoms. The first-order valence-corrected chi connectivity index (χ1v) is 12.7. The fourth-order valence-corrected chi connectivity index (χ4v) is 6.00. The molecule has 0 spiro atoms. The molecule has 1 N–H and O–H groups in total. The van der Waals surface area contributed by atoms with E-state index >= 15 is 0 Å². The third-order valence-electron chi connectivity index (χ3n) is 6.64. The minimum Gasteiger partial charge on any atom is -0.477 e. The minimum atomic E-state index is -3.86. The molecule has 1 saturated heterocycles. The molecule has 1 unspecified atom stereocenters. The quantitative estimate of drug-likeness (QED) is 0.586. The van der Waals surface area contributed by atoms with Crippen LogP contribution in [0, 0.1) is 19.8 Å². The van der Waals surface area contributed by atoms with Gasteiger partial charge in [0.05, 0.1) is 17.2 Å². The van der Waals surface area contributed by atoms with Crippen LogP contribution in [0.5, 0.6) is 5.88 Å². The summed E-state index contributed by atoms with van der Waals surface area (Å²) < 4.78 is 35.3. The highest BCUT2D eigenvalue weighted by molar-refractivity contribution is 7.92. The second-order valence-corrected chi connectivity index (χ2v) is 10.8. The van der Waals surface area contributed by atoms with Crippen molar-refractivity contribution in [2.75, 3.05) is 31.5 Å². The molecule has 7 nitrogen and oxygen atoms in total.